The number of benzene rings is 2. The van der Waals surface area contributed by atoms with Gasteiger partial charge in [0.25, 0.3) is 0 Å². The molecule has 0 radical (unpaired) electrons. The monoisotopic (exact) mass is 579 g/mol. The van der Waals surface area contributed by atoms with Crippen molar-refractivity contribution in [1.29, 1.82) is 0 Å². The SMILES string of the molecule is COc1cccc(CC(=O)NCC2CN(c3ccc(N4CCN(c5cccc(Br)n5)CC4)cc3)C(=O)O2)c1. The van der Waals surface area contributed by atoms with Crippen LogP contribution in [0.4, 0.5) is 22.0 Å². The summed E-state index contributed by atoms with van der Waals surface area (Å²) in [7, 11) is 1.59. The Morgan fingerprint density at radius 3 is 2.47 bits per heavy atom. The summed E-state index contributed by atoms with van der Waals surface area (Å²) in [6.45, 7) is 4.19. The first-order chi connectivity index (χ1) is 18.5. The molecule has 0 saturated carbocycles. The summed E-state index contributed by atoms with van der Waals surface area (Å²) in [4.78, 5) is 35.7. The number of hydrogen-bond donors (Lipinski definition) is 1. The molecule has 9 nitrogen and oxygen atoms in total. The smallest absolute Gasteiger partial charge is 0.414 e. The summed E-state index contributed by atoms with van der Waals surface area (Å²) in [5, 5.41) is 2.87. The minimum absolute atomic E-state index is 0.132. The normalized spacial score (nSPS) is 17.4. The van der Waals surface area contributed by atoms with Crippen LogP contribution in [-0.2, 0) is 16.0 Å². The van der Waals surface area contributed by atoms with Crippen molar-refractivity contribution in [2.75, 3.05) is 61.1 Å². The van der Waals surface area contributed by atoms with Crippen molar-refractivity contribution >= 4 is 45.1 Å². The molecule has 2 aliphatic heterocycles. The number of hydrogen-bond acceptors (Lipinski definition) is 7. The number of carbonyl (C=O) groups is 2. The molecular formula is C28H30BrN5O4. The lowest BCUT2D eigenvalue weighted by Gasteiger charge is -2.36. The molecule has 38 heavy (non-hydrogen) atoms. The van der Waals surface area contributed by atoms with Crippen molar-refractivity contribution in [2.45, 2.75) is 12.5 Å². The lowest BCUT2D eigenvalue weighted by Crippen LogP contribution is -2.46. The number of nitrogens with zero attached hydrogens (tertiary/aromatic N) is 4. The molecule has 198 valence electrons. The van der Waals surface area contributed by atoms with Crippen molar-refractivity contribution in [3.8, 4) is 5.75 Å². The highest BCUT2D eigenvalue weighted by Crippen LogP contribution is 2.26. The summed E-state index contributed by atoms with van der Waals surface area (Å²) in [6, 6.07) is 21.3. The Labute approximate surface area is 230 Å². The minimum Gasteiger partial charge on any atom is -0.497 e. The van der Waals surface area contributed by atoms with Crippen LogP contribution in [0.5, 0.6) is 5.75 Å². The number of carbonyl (C=O) groups excluding carboxylic acids is 2. The average Bonchev–Trinajstić information content (AvgIpc) is 3.32. The van der Waals surface area contributed by atoms with E-state index in [1.807, 2.05) is 66.7 Å². The van der Waals surface area contributed by atoms with Gasteiger partial charge in [-0.25, -0.2) is 9.78 Å². The lowest BCUT2D eigenvalue weighted by molar-refractivity contribution is -0.120. The number of amides is 2. The van der Waals surface area contributed by atoms with E-state index in [-0.39, 0.29) is 18.9 Å². The van der Waals surface area contributed by atoms with E-state index in [2.05, 4.69) is 36.0 Å². The van der Waals surface area contributed by atoms with E-state index in [0.717, 1.165) is 53.5 Å². The molecule has 1 aromatic heterocycles. The van der Waals surface area contributed by atoms with E-state index < -0.39 is 12.2 Å². The summed E-state index contributed by atoms with van der Waals surface area (Å²) in [6.07, 6.45) is -0.576. The van der Waals surface area contributed by atoms with Crippen LogP contribution in [0.3, 0.4) is 0 Å². The van der Waals surface area contributed by atoms with Crippen LogP contribution in [0.2, 0.25) is 0 Å². The lowest BCUT2D eigenvalue weighted by atomic mass is 10.1. The van der Waals surface area contributed by atoms with E-state index in [4.69, 9.17) is 9.47 Å². The number of nitrogens with one attached hydrogen (secondary N) is 1. The second-order valence-corrected chi connectivity index (χ2v) is 10.1. The molecule has 1 atom stereocenters. The largest absolute Gasteiger partial charge is 0.497 e. The fourth-order valence-corrected chi connectivity index (χ4v) is 5.04. The maximum Gasteiger partial charge on any atom is 0.414 e. The number of ether oxygens (including phenoxy) is 2. The zero-order chi connectivity index (χ0) is 26.5. The molecule has 1 N–H and O–H groups in total. The fraction of sp³-hybridized carbons (Fsp3) is 0.321. The van der Waals surface area contributed by atoms with E-state index in [0.29, 0.717) is 12.3 Å². The molecule has 2 aliphatic rings. The van der Waals surface area contributed by atoms with Crippen molar-refractivity contribution < 1.29 is 19.1 Å². The number of anilines is 3. The molecule has 0 spiro atoms. The maximum absolute atomic E-state index is 12.5. The number of aromatic nitrogens is 1. The van der Waals surface area contributed by atoms with Crippen LogP contribution in [0.1, 0.15) is 5.56 Å². The Bertz CT molecular complexity index is 1280. The van der Waals surface area contributed by atoms with E-state index in [1.165, 1.54) is 0 Å². The van der Waals surface area contributed by atoms with Gasteiger partial charge in [0.05, 0.1) is 26.6 Å². The van der Waals surface area contributed by atoms with Gasteiger partial charge in [-0.15, -0.1) is 0 Å². The molecule has 2 amide bonds. The van der Waals surface area contributed by atoms with Crippen LogP contribution in [0.25, 0.3) is 0 Å². The number of pyridine rings is 1. The van der Waals surface area contributed by atoms with Gasteiger partial charge in [0, 0.05) is 37.6 Å². The number of piperazine rings is 1. The van der Waals surface area contributed by atoms with Gasteiger partial charge in [-0.1, -0.05) is 18.2 Å². The maximum atomic E-state index is 12.5. The molecule has 3 heterocycles. The van der Waals surface area contributed by atoms with Crippen LogP contribution < -0.4 is 24.8 Å². The van der Waals surface area contributed by atoms with Crippen molar-refractivity contribution in [3.05, 3.63) is 76.9 Å². The first-order valence-corrected chi connectivity index (χ1v) is 13.4. The third-order valence-electron chi connectivity index (χ3n) is 6.73. The van der Waals surface area contributed by atoms with E-state index in [9.17, 15) is 9.59 Å². The van der Waals surface area contributed by atoms with Crippen LogP contribution in [-0.4, -0.2) is 69.5 Å². The predicted octanol–water partition coefficient (Wildman–Crippen LogP) is 3.86. The summed E-state index contributed by atoms with van der Waals surface area (Å²) < 4.78 is 11.5. The summed E-state index contributed by atoms with van der Waals surface area (Å²) >= 11 is 3.44. The fourth-order valence-electron chi connectivity index (χ4n) is 4.71. The van der Waals surface area contributed by atoms with Crippen molar-refractivity contribution in [1.82, 2.24) is 10.3 Å². The molecule has 2 aromatic carbocycles. The van der Waals surface area contributed by atoms with Crippen molar-refractivity contribution in [3.63, 3.8) is 0 Å². The first kappa shape index (κ1) is 25.8. The highest BCUT2D eigenvalue weighted by atomic mass is 79.9. The van der Waals surface area contributed by atoms with Crippen molar-refractivity contribution in [2.24, 2.45) is 0 Å². The van der Waals surface area contributed by atoms with E-state index >= 15 is 0 Å². The molecule has 2 fully saturated rings. The van der Waals surface area contributed by atoms with Crippen LogP contribution in [0, 0.1) is 0 Å². The summed E-state index contributed by atoms with van der Waals surface area (Å²) in [5.41, 5.74) is 2.75. The third kappa shape index (κ3) is 6.19. The van der Waals surface area contributed by atoms with Gasteiger partial charge < -0.3 is 24.6 Å². The second kappa shape index (κ2) is 11.7. The van der Waals surface area contributed by atoms with Gasteiger partial charge in [0.2, 0.25) is 5.91 Å². The number of rotatable bonds is 8. The highest BCUT2D eigenvalue weighted by molar-refractivity contribution is 9.10. The Morgan fingerprint density at radius 1 is 1.03 bits per heavy atom. The van der Waals surface area contributed by atoms with Gasteiger partial charge in [-0.05, 0) is 70.0 Å². The summed E-state index contributed by atoms with van der Waals surface area (Å²) in [5.74, 6) is 1.56. The van der Waals surface area contributed by atoms with Gasteiger partial charge >= 0.3 is 6.09 Å². The molecule has 5 rings (SSSR count). The van der Waals surface area contributed by atoms with Crippen LogP contribution in [0.15, 0.2) is 71.3 Å². The number of methoxy groups -OCH3 is 1. The average molecular weight is 580 g/mol. The molecule has 0 bridgehead atoms. The predicted molar refractivity (Wildman–Crippen MR) is 150 cm³/mol. The van der Waals surface area contributed by atoms with Gasteiger partial charge in [0.15, 0.2) is 0 Å². The topological polar surface area (TPSA) is 87.2 Å². The number of cyclic esters (lactones) is 1. The van der Waals surface area contributed by atoms with Gasteiger partial charge in [-0.3, -0.25) is 9.69 Å². The Hall–Kier alpha value is -3.79. The second-order valence-electron chi connectivity index (χ2n) is 9.26. The third-order valence-corrected chi connectivity index (χ3v) is 7.17. The molecule has 2 saturated heterocycles. The molecule has 10 heteroatoms. The Balaban J connectivity index is 1.10. The standard InChI is InChI=1S/C28H30BrN5O4/c1-37-23-5-2-4-20(16-23)17-27(35)30-18-24-19-34(28(36)38-24)22-10-8-21(9-11-22)32-12-14-33(15-13-32)26-7-3-6-25(29)31-26/h2-11,16,24H,12-15,17-19H2,1H3,(H,30,35). The quantitative estimate of drug-likeness (QED) is 0.405. The molecule has 3 aromatic rings. The van der Waals surface area contributed by atoms with Gasteiger partial charge in [-0.2, -0.15) is 0 Å². The Morgan fingerprint density at radius 2 is 1.74 bits per heavy atom. The molecular weight excluding hydrogens is 550 g/mol. The minimum atomic E-state index is -0.406. The zero-order valence-electron chi connectivity index (χ0n) is 21.2. The van der Waals surface area contributed by atoms with Gasteiger partial charge in [0.1, 0.15) is 22.3 Å². The highest BCUT2D eigenvalue weighted by Gasteiger charge is 2.32. The van der Waals surface area contributed by atoms with E-state index in [1.54, 1.807) is 12.0 Å². The van der Waals surface area contributed by atoms with Crippen LogP contribution >= 0.6 is 15.9 Å². The first-order valence-electron chi connectivity index (χ1n) is 12.6. The Kier molecular flexibility index (Phi) is 7.97. The zero-order valence-corrected chi connectivity index (χ0v) is 22.8. The molecule has 0 aliphatic carbocycles. The number of halogens is 1. The molecule has 1 unspecified atom stereocenters.